The highest BCUT2D eigenvalue weighted by Crippen LogP contribution is 2.32. The number of carbonyl (C=O) groups excluding carboxylic acids is 1. The maximum Gasteiger partial charge on any atom is 0.270 e. The molecule has 1 saturated carbocycles. The molecule has 0 aliphatic heterocycles. The molecule has 1 aliphatic carbocycles. The van der Waals surface area contributed by atoms with Crippen molar-refractivity contribution in [2.24, 2.45) is 18.7 Å². The molecule has 2 rings (SSSR count). The fraction of sp³-hybridized carbons (Fsp3) is 0.500. The maximum atomic E-state index is 11.9. The van der Waals surface area contributed by atoms with E-state index < -0.39 is 0 Å². The summed E-state index contributed by atoms with van der Waals surface area (Å²) in [6.07, 6.45) is 3.74. The number of aryl methyl sites for hydroxylation is 1. The Hall–Kier alpha value is -1.43. The molecule has 0 aromatic carbocycles. The molecular weight excluding hydrogens is 224 g/mol. The Bertz CT molecular complexity index is 424. The summed E-state index contributed by atoms with van der Waals surface area (Å²) >= 11 is 4.95. The Labute approximate surface area is 99.0 Å². The quantitative estimate of drug-likeness (QED) is 0.736. The number of amides is 1. The number of nitrogens with one attached hydrogen (secondary N) is 1. The molecule has 1 atom stereocenters. The zero-order chi connectivity index (χ0) is 11.7. The van der Waals surface area contributed by atoms with Crippen LogP contribution in [-0.2, 0) is 7.05 Å². The minimum atomic E-state index is -0.183. The van der Waals surface area contributed by atoms with Crippen molar-refractivity contribution in [3.05, 3.63) is 18.0 Å². The van der Waals surface area contributed by atoms with E-state index in [1.54, 1.807) is 19.3 Å². The van der Waals surface area contributed by atoms with Gasteiger partial charge >= 0.3 is 0 Å². The molecule has 1 amide bonds. The molecule has 86 valence electrons. The highest BCUT2D eigenvalue weighted by Gasteiger charge is 2.34. The standard InChI is InChI=1S/C10H14N4OS/c1-14-7(4-5-12-14)10(15)13-8(9(11)16)6-2-3-6/h4-6,8H,2-3H2,1H3,(H2,11,16)(H,13,15). The molecule has 1 unspecified atom stereocenters. The number of aromatic nitrogens is 2. The van der Waals surface area contributed by atoms with E-state index in [1.807, 2.05) is 0 Å². The van der Waals surface area contributed by atoms with Crippen LogP contribution >= 0.6 is 12.2 Å². The van der Waals surface area contributed by atoms with Crippen LogP contribution in [0, 0.1) is 5.92 Å². The van der Waals surface area contributed by atoms with E-state index in [-0.39, 0.29) is 11.9 Å². The number of carbonyl (C=O) groups is 1. The second-order valence-electron chi connectivity index (χ2n) is 4.03. The summed E-state index contributed by atoms with van der Waals surface area (Å²) in [5.74, 6) is 0.236. The molecule has 0 saturated heterocycles. The molecule has 1 aliphatic rings. The molecule has 1 aromatic heterocycles. The second kappa shape index (κ2) is 4.21. The van der Waals surface area contributed by atoms with Gasteiger partial charge in [-0.05, 0) is 24.8 Å². The minimum absolute atomic E-state index is 0.176. The summed E-state index contributed by atoms with van der Waals surface area (Å²) in [5.41, 5.74) is 6.13. The summed E-state index contributed by atoms with van der Waals surface area (Å²) in [5, 5.41) is 6.80. The molecule has 16 heavy (non-hydrogen) atoms. The Morgan fingerprint density at radius 1 is 1.75 bits per heavy atom. The monoisotopic (exact) mass is 238 g/mol. The van der Waals surface area contributed by atoms with E-state index in [0.29, 0.717) is 16.6 Å². The Balaban J connectivity index is 2.06. The first-order valence-electron chi connectivity index (χ1n) is 5.18. The van der Waals surface area contributed by atoms with Gasteiger partial charge in [0.2, 0.25) is 0 Å². The van der Waals surface area contributed by atoms with Crippen molar-refractivity contribution >= 4 is 23.1 Å². The number of rotatable bonds is 4. The third-order valence-corrected chi connectivity index (χ3v) is 2.99. The van der Waals surface area contributed by atoms with Gasteiger partial charge in [-0.1, -0.05) is 12.2 Å². The lowest BCUT2D eigenvalue weighted by molar-refractivity contribution is 0.0934. The van der Waals surface area contributed by atoms with E-state index in [2.05, 4.69) is 10.4 Å². The normalized spacial score (nSPS) is 16.8. The fourth-order valence-electron chi connectivity index (χ4n) is 1.66. The molecule has 0 spiro atoms. The first-order valence-corrected chi connectivity index (χ1v) is 5.58. The molecule has 3 N–H and O–H groups in total. The average molecular weight is 238 g/mol. The van der Waals surface area contributed by atoms with Crippen LogP contribution < -0.4 is 11.1 Å². The summed E-state index contributed by atoms with van der Waals surface area (Å²) in [4.78, 5) is 12.2. The van der Waals surface area contributed by atoms with E-state index >= 15 is 0 Å². The summed E-state index contributed by atoms with van der Waals surface area (Å²) in [6.45, 7) is 0. The van der Waals surface area contributed by atoms with Crippen molar-refractivity contribution in [3.63, 3.8) is 0 Å². The lowest BCUT2D eigenvalue weighted by Crippen LogP contribution is -2.45. The van der Waals surface area contributed by atoms with Crippen LogP contribution in [0.3, 0.4) is 0 Å². The van der Waals surface area contributed by atoms with Gasteiger partial charge in [-0.3, -0.25) is 9.48 Å². The number of hydrogen-bond donors (Lipinski definition) is 2. The molecule has 5 nitrogen and oxygen atoms in total. The van der Waals surface area contributed by atoms with E-state index in [4.69, 9.17) is 18.0 Å². The lowest BCUT2D eigenvalue weighted by Gasteiger charge is -2.16. The van der Waals surface area contributed by atoms with Gasteiger partial charge in [0.15, 0.2) is 0 Å². The van der Waals surface area contributed by atoms with Crippen LogP contribution in [0.2, 0.25) is 0 Å². The highest BCUT2D eigenvalue weighted by atomic mass is 32.1. The Kier molecular flexibility index (Phi) is 2.91. The van der Waals surface area contributed by atoms with Crippen LogP contribution in [0.25, 0.3) is 0 Å². The van der Waals surface area contributed by atoms with E-state index in [0.717, 1.165) is 12.8 Å². The number of hydrogen-bond acceptors (Lipinski definition) is 3. The minimum Gasteiger partial charge on any atom is -0.392 e. The van der Waals surface area contributed by atoms with Gasteiger partial charge in [0.1, 0.15) is 5.69 Å². The molecule has 1 heterocycles. The molecule has 1 aromatic rings. The van der Waals surface area contributed by atoms with Crippen molar-refractivity contribution in [2.75, 3.05) is 0 Å². The van der Waals surface area contributed by atoms with Crippen molar-refractivity contribution in [3.8, 4) is 0 Å². The van der Waals surface area contributed by atoms with Crippen LogP contribution in [-0.4, -0.2) is 26.7 Å². The van der Waals surface area contributed by atoms with Gasteiger partial charge in [0.25, 0.3) is 5.91 Å². The summed E-state index contributed by atoms with van der Waals surface area (Å²) in [6, 6.07) is 1.48. The predicted molar refractivity (Wildman–Crippen MR) is 64.0 cm³/mol. The van der Waals surface area contributed by atoms with Gasteiger partial charge in [-0.25, -0.2) is 0 Å². The van der Waals surface area contributed by atoms with Gasteiger partial charge < -0.3 is 11.1 Å². The summed E-state index contributed by atoms with van der Waals surface area (Å²) in [7, 11) is 1.72. The third kappa shape index (κ3) is 2.21. The average Bonchev–Trinajstić information content (AvgIpc) is 2.96. The summed E-state index contributed by atoms with van der Waals surface area (Å²) < 4.78 is 1.53. The third-order valence-electron chi connectivity index (χ3n) is 2.74. The van der Waals surface area contributed by atoms with E-state index in [9.17, 15) is 4.79 Å². The first kappa shape index (κ1) is 11.1. The molecular formula is C10H14N4OS. The molecule has 0 radical (unpaired) electrons. The van der Waals surface area contributed by atoms with Gasteiger partial charge in [0, 0.05) is 13.2 Å². The van der Waals surface area contributed by atoms with Crippen LogP contribution in [0.4, 0.5) is 0 Å². The number of nitrogens with zero attached hydrogens (tertiary/aromatic N) is 2. The molecule has 1 fully saturated rings. The maximum absolute atomic E-state index is 11.9. The predicted octanol–water partition coefficient (Wildman–Crippen LogP) is 0.215. The molecule has 6 heteroatoms. The van der Waals surface area contributed by atoms with E-state index in [1.165, 1.54) is 4.68 Å². The lowest BCUT2D eigenvalue weighted by atomic mass is 10.2. The fourth-order valence-corrected chi connectivity index (χ4v) is 1.91. The SMILES string of the molecule is Cn1nccc1C(=O)NC(C(N)=S)C1CC1. The molecule has 0 bridgehead atoms. The van der Waals surface area contributed by atoms with Crippen molar-refractivity contribution in [2.45, 2.75) is 18.9 Å². The second-order valence-corrected chi connectivity index (χ2v) is 4.50. The Morgan fingerprint density at radius 3 is 2.88 bits per heavy atom. The number of thiocarbonyl (C=S) groups is 1. The largest absolute Gasteiger partial charge is 0.392 e. The van der Waals surface area contributed by atoms with Crippen molar-refractivity contribution in [1.82, 2.24) is 15.1 Å². The van der Waals surface area contributed by atoms with Crippen molar-refractivity contribution in [1.29, 1.82) is 0 Å². The van der Waals surface area contributed by atoms with Crippen LogP contribution in [0.15, 0.2) is 12.3 Å². The van der Waals surface area contributed by atoms with Crippen LogP contribution in [0.5, 0.6) is 0 Å². The van der Waals surface area contributed by atoms with Gasteiger partial charge in [-0.2, -0.15) is 5.10 Å². The van der Waals surface area contributed by atoms with Crippen LogP contribution in [0.1, 0.15) is 23.3 Å². The van der Waals surface area contributed by atoms with Gasteiger partial charge in [-0.15, -0.1) is 0 Å². The zero-order valence-corrected chi connectivity index (χ0v) is 9.83. The van der Waals surface area contributed by atoms with Crippen molar-refractivity contribution < 1.29 is 4.79 Å². The topological polar surface area (TPSA) is 72.9 Å². The smallest absolute Gasteiger partial charge is 0.270 e. The van der Waals surface area contributed by atoms with Gasteiger partial charge in [0.05, 0.1) is 11.0 Å². The highest BCUT2D eigenvalue weighted by molar-refractivity contribution is 7.80. The number of nitrogens with two attached hydrogens (primary N) is 1. The Morgan fingerprint density at radius 2 is 2.44 bits per heavy atom. The zero-order valence-electron chi connectivity index (χ0n) is 9.01. The first-order chi connectivity index (χ1) is 7.59.